The number of hydrogen-bond acceptors (Lipinski definition) is 3. The molecule has 0 spiro atoms. The second-order valence-corrected chi connectivity index (χ2v) is 5.20. The minimum Gasteiger partial charge on any atom is -0.411 e. The molecule has 13 heavy (non-hydrogen) atoms. The third-order valence-corrected chi connectivity index (χ3v) is 4.29. The van der Waals surface area contributed by atoms with Crippen molar-refractivity contribution in [3.8, 4) is 0 Å². The van der Waals surface area contributed by atoms with Crippen LogP contribution in [0.3, 0.4) is 0 Å². The Morgan fingerprint density at radius 1 is 1.38 bits per heavy atom. The molecule has 3 nitrogen and oxygen atoms in total. The van der Waals surface area contributed by atoms with Gasteiger partial charge >= 0.3 is 0 Å². The number of oxime groups is 1. The highest BCUT2D eigenvalue weighted by Crippen LogP contribution is 2.61. The predicted octanol–water partition coefficient (Wildman–Crippen LogP) is 1.63. The molecule has 0 aromatic heterocycles. The second kappa shape index (κ2) is 2.27. The van der Waals surface area contributed by atoms with Gasteiger partial charge in [0.15, 0.2) is 0 Å². The quantitative estimate of drug-likeness (QED) is 0.443. The average Bonchev–Trinajstić information content (AvgIpc) is 2.01. The van der Waals surface area contributed by atoms with E-state index in [9.17, 15) is 5.11 Å². The van der Waals surface area contributed by atoms with Gasteiger partial charge in [-0.15, -0.1) is 0 Å². The first kappa shape index (κ1) is 9.00. The number of nitrogens with zero attached hydrogens (tertiary/aromatic N) is 1. The van der Waals surface area contributed by atoms with Crippen LogP contribution in [0.4, 0.5) is 0 Å². The topological polar surface area (TPSA) is 52.8 Å². The van der Waals surface area contributed by atoms with Crippen molar-refractivity contribution in [3.05, 3.63) is 0 Å². The van der Waals surface area contributed by atoms with Crippen molar-refractivity contribution >= 4 is 5.71 Å². The zero-order chi connectivity index (χ0) is 9.85. The Balaban J connectivity index is 2.34. The number of hydrogen-bond donors (Lipinski definition) is 2. The first-order chi connectivity index (χ1) is 5.90. The van der Waals surface area contributed by atoms with E-state index in [1.54, 1.807) is 6.92 Å². The van der Waals surface area contributed by atoms with E-state index in [4.69, 9.17) is 5.21 Å². The van der Waals surface area contributed by atoms with Gasteiger partial charge in [-0.25, -0.2) is 0 Å². The molecule has 0 aromatic rings. The van der Waals surface area contributed by atoms with E-state index >= 15 is 0 Å². The van der Waals surface area contributed by atoms with Crippen LogP contribution in [0, 0.1) is 17.3 Å². The largest absolute Gasteiger partial charge is 0.411 e. The second-order valence-electron chi connectivity index (χ2n) is 5.20. The van der Waals surface area contributed by atoms with Crippen LogP contribution in [-0.2, 0) is 0 Å². The van der Waals surface area contributed by atoms with Crippen LogP contribution in [-0.4, -0.2) is 21.6 Å². The Morgan fingerprint density at radius 2 is 2.00 bits per heavy atom. The van der Waals surface area contributed by atoms with Crippen molar-refractivity contribution in [3.63, 3.8) is 0 Å². The maximum atomic E-state index is 10.2. The normalized spacial score (nSPS) is 50.3. The van der Waals surface area contributed by atoms with Crippen LogP contribution >= 0.6 is 0 Å². The average molecular weight is 183 g/mol. The minimum absolute atomic E-state index is 0.206. The molecule has 0 radical (unpaired) electrons. The van der Waals surface area contributed by atoms with Crippen LogP contribution in [0.2, 0.25) is 0 Å². The van der Waals surface area contributed by atoms with Crippen LogP contribution in [0.5, 0.6) is 0 Å². The van der Waals surface area contributed by atoms with E-state index in [1.165, 1.54) is 0 Å². The maximum Gasteiger partial charge on any atom is 0.106 e. The zero-order valence-corrected chi connectivity index (χ0v) is 8.41. The Morgan fingerprint density at radius 3 is 2.38 bits per heavy atom. The highest BCUT2D eigenvalue weighted by molar-refractivity contribution is 5.94. The number of fused-ring (bicyclic) bond motifs is 2. The predicted molar refractivity (Wildman–Crippen MR) is 49.8 cm³/mol. The van der Waals surface area contributed by atoms with Crippen molar-refractivity contribution in [1.29, 1.82) is 0 Å². The smallest absolute Gasteiger partial charge is 0.106 e. The summed E-state index contributed by atoms with van der Waals surface area (Å²) in [6.45, 7) is 6.15. The zero-order valence-electron chi connectivity index (χ0n) is 8.41. The van der Waals surface area contributed by atoms with Gasteiger partial charge in [-0.3, -0.25) is 0 Å². The fourth-order valence-electron chi connectivity index (χ4n) is 3.10. The number of aliphatic hydroxyl groups is 1. The molecule has 3 aliphatic carbocycles. The molecule has 3 fully saturated rings. The van der Waals surface area contributed by atoms with Crippen molar-refractivity contribution in [2.75, 3.05) is 0 Å². The van der Waals surface area contributed by atoms with Crippen LogP contribution in [0.15, 0.2) is 5.16 Å². The molecule has 3 atom stereocenters. The summed E-state index contributed by atoms with van der Waals surface area (Å²) in [4.78, 5) is 0. The van der Waals surface area contributed by atoms with Gasteiger partial charge in [0.2, 0.25) is 0 Å². The summed E-state index contributed by atoms with van der Waals surface area (Å²) in [6.07, 6.45) is 1.81. The first-order valence-corrected chi connectivity index (χ1v) is 4.84. The van der Waals surface area contributed by atoms with E-state index in [2.05, 4.69) is 19.0 Å². The van der Waals surface area contributed by atoms with Gasteiger partial charge in [-0.2, -0.15) is 0 Å². The van der Waals surface area contributed by atoms with Crippen LogP contribution in [0.1, 0.15) is 33.6 Å². The van der Waals surface area contributed by atoms with Crippen molar-refractivity contribution < 1.29 is 10.3 Å². The molecule has 2 bridgehead atoms. The van der Waals surface area contributed by atoms with Gasteiger partial charge < -0.3 is 10.3 Å². The Hall–Kier alpha value is -0.570. The summed E-state index contributed by atoms with van der Waals surface area (Å²) in [7, 11) is 0. The van der Waals surface area contributed by atoms with E-state index in [-0.39, 0.29) is 11.3 Å². The third kappa shape index (κ3) is 0.909. The molecule has 2 N–H and O–H groups in total. The monoisotopic (exact) mass is 183 g/mol. The fraction of sp³-hybridized carbons (Fsp3) is 0.900. The van der Waals surface area contributed by atoms with Gasteiger partial charge in [-0.1, -0.05) is 19.0 Å². The van der Waals surface area contributed by atoms with Crippen LogP contribution < -0.4 is 0 Å². The van der Waals surface area contributed by atoms with Gasteiger partial charge in [-0.05, 0) is 37.0 Å². The van der Waals surface area contributed by atoms with Crippen LogP contribution in [0.25, 0.3) is 0 Å². The lowest BCUT2D eigenvalue weighted by atomic mass is 9.44. The molecule has 0 aliphatic heterocycles. The molecule has 0 aromatic carbocycles. The summed E-state index contributed by atoms with van der Waals surface area (Å²) in [5.41, 5.74) is -0.127. The lowest BCUT2D eigenvalue weighted by Crippen LogP contribution is -2.64. The molecular formula is C10H17NO2. The lowest BCUT2D eigenvalue weighted by molar-refractivity contribution is -0.135. The molecule has 0 heterocycles. The van der Waals surface area contributed by atoms with Crippen molar-refractivity contribution in [2.45, 2.75) is 39.2 Å². The maximum absolute atomic E-state index is 10.2. The Bertz CT molecular complexity index is 268. The van der Waals surface area contributed by atoms with E-state index in [0.29, 0.717) is 11.6 Å². The minimum atomic E-state index is -0.896. The molecule has 3 heteroatoms. The Kier molecular flexibility index (Phi) is 1.57. The highest BCUT2D eigenvalue weighted by atomic mass is 16.4. The third-order valence-electron chi connectivity index (χ3n) is 4.29. The highest BCUT2D eigenvalue weighted by Gasteiger charge is 2.61. The molecular weight excluding hydrogens is 166 g/mol. The standard InChI is InChI=1S/C10H17NO2/c1-9(2)6-4-7(9)10(3,12)8(5-6)11-13/h6-7,12-13H,4-5H2,1-3H3/t6?,7-,10+/m1/s1. The summed E-state index contributed by atoms with van der Waals surface area (Å²) in [5, 5.41) is 22.2. The molecule has 3 aliphatic rings. The SMILES string of the molecule is CC1(C)C2CC(=NO)[C@@](C)(O)[C@@H]1C2. The molecule has 0 amide bonds. The van der Waals surface area contributed by atoms with E-state index in [1.807, 2.05) is 0 Å². The van der Waals surface area contributed by atoms with Gasteiger partial charge in [0, 0.05) is 0 Å². The summed E-state index contributed by atoms with van der Waals surface area (Å²) in [5.74, 6) is 0.841. The van der Waals surface area contributed by atoms with E-state index in [0.717, 1.165) is 12.8 Å². The molecule has 0 saturated heterocycles. The van der Waals surface area contributed by atoms with Gasteiger partial charge in [0.1, 0.15) is 5.60 Å². The first-order valence-electron chi connectivity index (χ1n) is 4.84. The molecule has 3 rings (SSSR count). The van der Waals surface area contributed by atoms with Gasteiger partial charge in [0.05, 0.1) is 5.71 Å². The molecule has 1 unspecified atom stereocenters. The fourth-order valence-corrected chi connectivity index (χ4v) is 3.10. The lowest BCUT2D eigenvalue weighted by Gasteiger charge is -2.62. The summed E-state index contributed by atoms with van der Waals surface area (Å²) in [6, 6.07) is 0. The molecule has 3 saturated carbocycles. The van der Waals surface area contributed by atoms with Crippen molar-refractivity contribution in [2.24, 2.45) is 22.4 Å². The Labute approximate surface area is 78.4 Å². The van der Waals surface area contributed by atoms with Gasteiger partial charge in [0.25, 0.3) is 0 Å². The number of rotatable bonds is 0. The summed E-state index contributed by atoms with van der Waals surface area (Å²) < 4.78 is 0. The van der Waals surface area contributed by atoms with E-state index < -0.39 is 5.60 Å². The van der Waals surface area contributed by atoms with Crippen molar-refractivity contribution in [1.82, 2.24) is 0 Å². The summed E-state index contributed by atoms with van der Waals surface area (Å²) >= 11 is 0. The molecule has 74 valence electrons.